The molecule has 1 saturated heterocycles. The maximum Gasteiger partial charge on any atom is 0.311 e. The van der Waals surface area contributed by atoms with Crippen molar-refractivity contribution in [3.63, 3.8) is 0 Å². The van der Waals surface area contributed by atoms with E-state index in [4.69, 9.17) is 4.74 Å². The maximum atomic E-state index is 12.9. The van der Waals surface area contributed by atoms with Gasteiger partial charge in [-0.15, -0.1) is 0 Å². The molecular weight excluding hydrogens is 494 g/mol. The van der Waals surface area contributed by atoms with E-state index in [1.54, 1.807) is 0 Å². The van der Waals surface area contributed by atoms with Crippen molar-refractivity contribution in [1.29, 1.82) is 0 Å². The van der Waals surface area contributed by atoms with Gasteiger partial charge in [0.15, 0.2) is 0 Å². The van der Waals surface area contributed by atoms with E-state index in [2.05, 4.69) is 48.9 Å². The van der Waals surface area contributed by atoms with Crippen LogP contribution in [0.1, 0.15) is 109 Å². The second-order valence-electron chi connectivity index (χ2n) is 10.7. The number of carbonyl (C=O) groups excluding carboxylic acids is 2. The number of esters is 1. The van der Waals surface area contributed by atoms with E-state index in [0.29, 0.717) is 12.2 Å². The Morgan fingerprint density at radius 1 is 1.12 bits per heavy atom. The van der Waals surface area contributed by atoms with Gasteiger partial charge < -0.3 is 15.2 Å². The summed E-state index contributed by atoms with van der Waals surface area (Å²) in [7, 11) is 0. The Hall–Kier alpha value is -1.40. The SMILES string of the molecule is CCCCCCCCCCCC(=O)Oc1cc2c(cc1Br)C1C(C(=O)N[C@@H]1CO)[C@]2(C)C(C)C. The van der Waals surface area contributed by atoms with Gasteiger partial charge >= 0.3 is 5.97 Å². The number of hydrogen-bond donors (Lipinski definition) is 2. The molecule has 0 spiro atoms. The Morgan fingerprint density at radius 2 is 1.74 bits per heavy atom. The van der Waals surface area contributed by atoms with Crippen molar-refractivity contribution < 1.29 is 19.4 Å². The summed E-state index contributed by atoms with van der Waals surface area (Å²) in [5, 5.41) is 12.9. The third-order valence-corrected chi connectivity index (χ3v) is 8.82. The summed E-state index contributed by atoms with van der Waals surface area (Å²) in [6, 6.07) is 3.65. The molecule has 1 aromatic rings. The Labute approximate surface area is 213 Å². The number of ether oxygens (including phenoxy) is 1. The summed E-state index contributed by atoms with van der Waals surface area (Å²) in [4.78, 5) is 25.5. The molecule has 0 saturated carbocycles. The minimum atomic E-state index is -0.396. The van der Waals surface area contributed by atoms with Gasteiger partial charge in [0.1, 0.15) is 5.75 Å². The average Bonchev–Trinajstić information content (AvgIpc) is 3.27. The lowest BCUT2D eigenvalue weighted by molar-refractivity contribution is -0.134. The van der Waals surface area contributed by atoms with Crippen LogP contribution in [0.5, 0.6) is 5.75 Å². The number of halogens is 1. The molecule has 1 fully saturated rings. The fourth-order valence-corrected chi connectivity index (χ4v) is 6.38. The predicted molar refractivity (Wildman–Crippen MR) is 139 cm³/mol. The lowest BCUT2D eigenvalue weighted by atomic mass is 9.67. The number of aliphatic hydroxyl groups excluding tert-OH is 1. The molecular formula is C28H42BrNO4. The van der Waals surface area contributed by atoms with Crippen LogP contribution in [0.4, 0.5) is 0 Å². The Bertz CT molecular complexity index is 870. The fraction of sp³-hybridized carbons (Fsp3) is 0.714. The number of hydrogen-bond acceptors (Lipinski definition) is 4. The minimum Gasteiger partial charge on any atom is -0.425 e. The average molecular weight is 537 g/mol. The van der Waals surface area contributed by atoms with E-state index < -0.39 is 5.41 Å². The molecule has 2 unspecified atom stereocenters. The molecule has 1 amide bonds. The number of carbonyl (C=O) groups is 2. The number of rotatable bonds is 13. The molecule has 5 nitrogen and oxygen atoms in total. The van der Waals surface area contributed by atoms with E-state index in [-0.39, 0.29) is 42.3 Å². The maximum absolute atomic E-state index is 12.9. The molecule has 4 atom stereocenters. The highest BCUT2D eigenvalue weighted by molar-refractivity contribution is 9.10. The molecule has 3 rings (SSSR count). The third-order valence-electron chi connectivity index (χ3n) is 8.20. The van der Waals surface area contributed by atoms with Crippen LogP contribution in [-0.4, -0.2) is 29.6 Å². The Balaban J connectivity index is 1.63. The van der Waals surface area contributed by atoms with Gasteiger partial charge in [0.2, 0.25) is 5.91 Å². The summed E-state index contributed by atoms with van der Waals surface area (Å²) < 4.78 is 6.50. The molecule has 0 aromatic heterocycles. The lowest BCUT2D eigenvalue weighted by Gasteiger charge is -2.35. The summed E-state index contributed by atoms with van der Waals surface area (Å²) >= 11 is 3.59. The summed E-state index contributed by atoms with van der Waals surface area (Å²) in [5.41, 5.74) is 1.72. The highest BCUT2D eigenvalue weighted by Gasteiger charge is 2.60. The fourth-order valence-electron chi connectivity index (χ4n) is 5.94. The number of nitrogens with one attached hydrogen (secondary N) is 1. The molecule has 6 heteroatoms. The summed E-state index contributed by atoms with van der Waals surface area (Å²) in [5.74, 6) is 0.196. The third kappa shape index (κ3) is 5.53. The zero-order valence-electron chi connectivity index (χ0n) is 21.3. The first-order valence-electron chi connectivity index (χ1n) is 13.2. The van der Waals surface area contributed by atoms with Crippen molar-refractivity contribution >= 4 is 27.8 Å². The molecule has 1 aromatic carbocycles. The van der Waals surface area contributed by atoms with Crippen LogP contribution in [0, 0.1) is 11.8 Å². The van der Waals surface area contributed by atoms with E-state index in [0.717, 1.165) is 28.4 Å². The highest BCUT2D eigenvalue weighted by Crippen LogP contribution is 2.58. The van der Waals surface area contributed by atoms with Gasteiger partial charge in [0.25, 0.3) is 0 Å². The van der Waals surface area contributed by atoms with E-state index in [1.165, 1.54) is 44.9 Å². The molecule has 1 aliphatic carbocycles. The normalized spacial score (nSPS) is 25.4. The molecule has 2 N–H and O–H groups in total. The molecule has 2 aliphatic rings. The van der Waals surface area contributed by atoms with Crippen LogP contribution in [0.2, 0.25) is 0 Å². The molecule has 1 aliphatic heterocycles. The van der Waals surface area contributed by atoms with Crippen LogP contribution in [0.3, 0.4) is 0 Å². The standard InChI is InChI=1S/C28H42BrNO4/c1-5-6-7-8-9-10-11-12-13-14-24(32)34-23-16-20-19(15-21(23)29)25-22(17-31)30-27(33)26(25)28(20,4)18(2)3/h15-16,18,22,25-26,31H,5-14,17H2,1-4H3,(H,30,33)/t22-,25?,26?,28-/m1/s1. The smallest absolute Gasteiger partial charge is 0.311 e. The van der Waals surface area contributed by atoms with Crippen molar-refractivity contribution in [2.45, 2.75) is 109 Å². The van der Waals surface area contributed by atoms with Crippen LogP contribution in [-0.2, 0) is 15.0 Å². The number of amides is 1. The van der Waals surface area contributed by atoms with Gasteiger partial charge in [0, 0.05) is 17.8 Å². The second kappa shape index (κ2) is 12.0. The van der Waals surface area contributed by atoms with E-state index in [1.807, 2.05) is 12.1 Å². The van der Waals surface area contributed by atoms with Gasteiger partial charge in [-0.2, -0.15) is 0 Å². The zero-order chi connectivity index (χ0) is 24.9. The zero-order valence-corrected chi connectivity index (χ0v) is 22.9. The van der Waals surface area contributed by atoms with Gasteiger partial charge in [-0.05, 0) is 51.5 Å². The largest absolute Gasteiger partial charge is 0.425 e. The first kappa shape index (κ1) is 27.2. The number of aliphatic hydroxyl groups is 1. The number of fused-ring (bicyclic) bond motifs is 3. The molecule has 34 heavy (non-hydrogen) atoms. The van der Waals surface area contributed by atoms with Gasteiger partial charge in [-0.25, -0.2) is 0 Å². The topological polar surface area (TPSA) is 75.6 Å². The highest BCUT2D eigenvalue weighted by atomic mass is 79.9. The minimum absolute atomic E-state index is 0.00326. The quantitative estimate of drug-likeness (QED) is 0.174. The summed E-state index contributed by atoms with van der Waals surface area (Å²) in [6.45, 7) is 8.53. The lowest BCUT2D eigenvalue weighted by Crippen LogP contribution is -2.39. The van der Waals surface area contributed by atoms with Gasteiger partial charge in [-0.3, -0.25) is 9.59 Å². The van der Waals surface area contributed by atoms with Gasteiger partial charge in [-0.1, -0.05) is 79.1 Å². The molecule has 1 heterocycles. The van der Waals surface area contributed by atoms with Crippen LogP contribution in [0.15, 0.2) is 16.6 Å². The predicted octanol–water partition coefficient (Wildman–Crippen LogP) is 6.39. The molecule has 190 valence electrons. The van der Waals surface area contributed by atoms with Gasteiger partial charge in [0.05, 0.1) is 23.0 Å². The first-order valence-corrected chi connectivity index (χ1v) is 14.0. The molecule has 0 bridgehead atoms. The van der Waals surface area contributed by atoms with Crippen molar-refractivity contribution in [2.24, 2.45) is 11.8 Å². The summed E-state index contributed by atoms with van der Waals surface area (Å²) in [6.07, 6.45) is 11.3. The second-order valence-corrected chi connectivity index (χ2v) is 11.5. The Morgan fingerprint density at radius 3 is 2.32 bits per heavy atom. The van der Waals surface area contributed by atoms with Crippen molar-refractivity contribution in [1.82, 2.24) is 5.32 Å². The van der Waals surface area contributed by atoms with E-state index in [9.17, 15) is 14.7 Å². The van der Waals surface area contributed by atoms with Crippen molar-refractivity contribution in [3.05, 3.63) is 27.7 Å². The van der Waals surface area contributed by atoms with Crippen LogP contribution in [0.25, 0.3) is 0 Å². The molecule has 0 radical (unpaired) electrons. The first-order chi connectivity index (χ1) is 16.2. The van der Waals surface area contributed by atoms with Crippen molar-refractivity contribution in [2.75, 3.05) is 6.61 Å². The Kier molecular flexibility index (Phi) is 9.62. The van der Waals surface area contributed by atoms with Crippen LogP contribution >= 0.6 is 15.9 Å². The number of benzene rings is 1. The monoisotopic (exact) mass is 535 g/mol. The number of unbranched alkanes of at least 4 members (excludes halogenated alkanes) is 8. The van der Waals surface area contributed by atoms with Crippen molar-refractivity contribution in [3.8, 4) is 5.75 Å². The van der Waals surface area contributed by atoms with E-state index >= 15 is 0 Å². The van der Waals surface area contributed by atoms with Crippen LogP contribution < -0.4 is 10.1 Å².